The molecule has 1 fully saturated rings. The first-order valence-electron chi connectivity index (χ1n) is 9.64. The maximum atomic E-state index is 2.66. The van der Waals surface area contributed by atoms with Gasteiger partial charge in [-0.3, -0.25) is 4.90 Å². The van der Waals surface area contributed by atoms with E-state index in [1.165, 1.54) is 76.0 Å². The molecule has 1 aromatic rings. The number of piperazine rings is 1. The van der Waals surface area contributed by atoms with Gasteiger partial charge in [-0.25, -0.2) is 0 Å². The van der Waals surface area contributed by atoms with Gasteiger partial charge in [-0.1, -0.05) is 69.4 Å². The van der Waals surface area contributed by atoms with Crippen LogP contribution in [0.2, 0.25) is 0 Å². The molecule has 1 heterocycles. The lowest BCUT2D eigenvalue weighted by Gasteiger charge is -2.34. The fourth-order valence-corrected chi connectivity index (χ4v) is 3.36. The number of nitrogens with zero attached hydrogens (tertiary/aromatic N) is 2. The van der Waals surface area contributed by atoms with Crippen molar-refractivity contribution in [3.05, 3.63) is 35.4 Å². The molecule has 0 saturated carbocycles. The van der Waals surface area contributed by atoms with E-state index in [2.05, 4.69) is 54.8 Å². The zero-order valence-electron chi connectivity index (χ0n) is 15.6. The maximum absolute atomic E-state index is 2.66. The number of benzene rings is 1. The molecule has 1 aliphatic rings. The summed E-state index contributed by atoms with van der Waals surface area (Å²) in [6.07, 6.45) is 7.04. The van der Waals surface area contributed by atoms with E-state index in [1.54, 1.807) is 0 Å². The smallest absolute Gasteiger partial charge is 0.0234 e. The number of aryl methyl sites for hydroxylation is 1. The van der Waals surface area contributed by atoms with Crippen molar-refractivity contribution in [1.82, 2.24) is 9.80 Å². The van der Waals surface area contributed by atoms with Gasteiger partial charge in [0.05, 0.1) is 0 Å². The van der Waals surface area contributed by atoms with E-state index in [-0.39, 0.29) is 0 Å². The highest BCUT2D eigenvalue weighted by Gasteiger charge is 2.16. The average molecular weight is 317 g/mol. The minimum Gasteiger partial charge on any atom is -0.301 e. The molecule has 0 amide bonds. The van der Waals surface area contributed by atoms with Crippen molar-refractivity contribution in [2.45, 2.75) is 59.4 Å². The molecule has 2 nitrogen and oxygen atoms in total. The van der Waals surface area contributed by atoms with Crippen molar-refractivity contribution in [1.29, 1.82) is 0 Å². The van der Waals surface area contributed by atoms with Crippen LogP contribution in [0.5, 0.6) is 0 Å². The summed E-state index contributed by atoms with van der Waals surface area (Å²) in [4.78, 5) is 5.26. The molecule has 2 rings (SSSR count). The monoisotopic (exact) mass is 316 g/mol. The van der Waals surface area contributed by atoms with Gasteiger partial charge >= 0.3 is 0 Å². The van der Waals surface area contributed by atoms with Crippen molar-refractivity contribution >= 4 is 0 Å². The molecule has 130 valence electrons. The topological polar surface area (TPSA) is 6.48 Å². The lowest BCUT2D eigenvalue weighted by Crippen LogP contribution is -2.46. The molecule has 1 aliphatic heterocycles. The third kappa shape index (κ3) is 7.50. The Bertz CT molecular complexity index is 416. The fourth-order valence-electron chi connectivity index (χ4n) is 3.36. The Morgan fingerprint density at radius 3 is 2.09 bits per heavy atom. The van der Waals surface area contributed by atoms with Crippen LogP contribution in [0.15, 0.2) is 24.3 Å². The Kier molecular flexibility index (Phi) is 8.11. The van der Waals surface area contributed by atoms with Gasteiger partial charge in [-0.05, 0) is 31.4 Å². The van der Waals surface area contributed by atoms with E-state index >= 15 is 0 Å². The lowest BCUT2D eigenvalue weighted by molar-refractivity contribution is 0.125. The zero-order chi connectivity index (χ0) is 16.5. The van der Waals surface area contributed by atoms with Crippen molar-refractivity contribution < 1.29 is 0 Å². The number of hydrogen-bond acceptors (Lipinski definition) is 2. The minimum atomic E-state index is 0.872. The molecule has 0 aromatic heterocycles. The van der Waals surface area contributed by atoms with Crippen LogP contribution in [-0.4, -0.2) is 42.5 Å². The fraction of sp³-hybridized carbons (Fsp3) is 0.714. The van der Waals surface area contributed by atoms with Crippen molar-refractivity contribution in [2.75, 3.05) is 32.7 Å². The molecule has 23 heavy (non-hydrogen) atoms. The molecule has 1 aromatic carbocycles. The third-order valence-electron chi connectivity index (χ3n) is 5.00. The first-order valence-corrected chi connectivity index (χ1v) is 9.64. The van der Waals surface area contributed by atoms with Gasteiger partial charge in [0.15, 0.2) is 0 Å². The first-order chi connectivity index (χ1) is 11.1. The quantitative estimate of drug-likeness (QED) is 0.608. The molecule has 0 N–H and O–H groups in total. The predicted octanol–water partition coefficient (Wildman–Crippen LogP) is 4.72. The van der Waals surface area contributed by atoms with E-state index in [0.29, 0.717) is 0 Å². The van der Waals surface area contributed by atoms with Crippen molar-refractivity contribution in [3.8, 4) is 0 Å². The predicted molar refractivity (Wildman–Crippen MR) is 101 cm³/mol. The first kappa shape index (κ1) is 18.5. The highest BCUT2D eigenvalue weighted by Crippen LogP contribution is 2.12. The van der Waals surface area contributed by atoms with Crippen LogP contribution in [0.3, 0.4) is 0 Å². The van der Waals surface area contributed by atoms with Gasteiger partial charge < -0.3 is 4.90 Å². The molecule has 0 unspecified atom stereocenters. The summed E-state index contributed by atoms with van der Waals surface area (Å²) in [5, 5.41) is 0. The third-order valence-corrected chi connectivity index (χ3v) is 5.00. The summed E-state index contributed by atoms with van der Waals surface area (Å²) in [5.41, 5.74) is 2.81. The maximum Gasteiger partial charge on any atom is 0.0234 e. The van der Waals surface area contributed by atoms with Gasteiger partial charge in [0.2, 0.25) is 0 Å². The Hall–Kier alpha value is -0.860. The van der Waals surface area contributed by atoms with Crippen LogP contribution in [0, 0.1) is 12.8 Å². The summed E-state index contributed by atoms with van der Waals surface area (Å²) >= 11 is 0. The van der Waals surface area contributed by atoms with Crippen LogP contribution in [0.25, 0.3) is 0 Å². The molecule has 0 aliphatic carbocycles. The Balaban J connectivity index is 1.54. The Morgan fingerprint density at radius 1 is 0.826 bits per heavy atom. The molecule has 0 radical (unpaired) electrons. The normalized spacial score (nSPS) is 17.0. The van der Waals surface area contributed by atoms with Gasteiger partial charge in [0.1, 0.15) is 0 Å². The zero-order valence-corrected chi connectivity index (χ0v) is 15.6. The summed E-state index contributed by atoms with van der Waals surface area (Å²) in [5.74, 6) is 0.872. The van der Waals surface area contributed by atoms with Crippen molar-refractivity contribution in [3.63, 3.8) is 0 Å². The highest BCUT2D eigenvalue weighted by atomic mass is 15.3. The molecule has 1 saturated heterocycles. The second kappa shape index (κ2) is 10.1. The largest absolute Gasteiger partial charge is 0.301 e. The Labute approximate surface area is 143 Å². The van der Waals surface area contributed by atoms with E-state index in [0.717, 1.165) is 12.5 Å². The highest BCUT2D eigenvalue weighted by molar-refractivity contribution is 5.21. The van der Waals surface area contributed by atoms with Gasteiger partial charge in [-0.2, -0.15) is 0 Å². The second-order valence-corrected chi connectivity index (χ2v) is 7.70. The van der Waals surface area contributed by atoms with Crippen LogP contribution in [-0.2, 0) is 6.54 Å². The minimum absolute atomic E-state index is 0.872. The average Bonchev–Trinajstić information content (AvgIpc) is 2.54. The summed E-state index contributed by atoms with van der Waals surface area (Å²) in [6, 6.07) is 9.01. The van der Waals surface area contributed by atoms with Crippen LogP contribution >= 0.6 is 0 Å². The second-order valence-electron chi connectivity index (χ2n) is 7.70. The summed E-state index contributed by atoms with van der Waals surface area (Å²) in [6.45, 7) is 14.2. The van der Waals surface area contributed by atoms with E-state index in [1.807, 2.05) is 0 Å². The molecule has 2 heteroatoms. The Morgan fingerprint density at radius 2 is 1.43 bits per heavy atom. The van der Waals surface area contributed by atoms with E-state index in [4.69, 9.17) is 0 Å². The van der Waals surface area contributed by atoms with Crippen LogP contribution < -0.4 is 0 Å². The molecular formula is C21H36N2. The van der Waals surface area contributed by atoms with E-state index in [9.17, 15) is 0 Å². The van der Waals surface area contributed by atoms with Crippen molar-refractivity contribution in [2.24, 2.45) is 5.92 Å². The summed E-state index contributed by atoms with van der Waals surface area (Å²) < 4.78 is 0. The lowest BCUT2D eigenvalue weighted by atomic mass is 10.0. The molecular weight excluding hydrogens is 280 g/mol. The number of hydrogen-bond donors (Lipinski definition) is 0. The van der Waals surface area contributed by atoms with Crippen LogP contribution in [0.1, 0.15) is 57.1 Å². The summed E-state index contributed by atoms with van der Waals surface area (Å²) in [7, 11) is 0. The molecule has 0 atom stereocenters. The van der Waals surface area contributed by atoms with Gasteiger partial charge in [0.25, 0.3) is 0 Å². The van der Waals surface area contributed by atoms with Gasteiger partial charge in [-0.15, -0.1) is 0 Å². The number of unbranched alkanes of at least 4 members (excludes halogenated alkanes) is 3. The standard InChI is InChI=1S/C21H36N2/c1-19(2)8-6-4-5-7-13-22-14-16-23(17-15-22)18-21-11-9-20(3)10-12-21/h9-12,19H,4-8,13-18H2,1-3H3. The molecule has 0 bridgehead atoms. The molecule has 0 spiro atoms. The SMILES string of the molecule is Cc1ccc(CN2CCN(CCCCCCC(C)C)CC2)cc1. The van der Waals surface area contributed by atoms with Gasteiger partial charge in [0, 0.05) is 32.7 Å². The number of rotatable bonds is 9. The van der Waals surface area contributed by atoms with Crippen LogP contribution in [0.4, 0.5) is 0 Å². The van der Waals surface area contributed by atoms with E-state index < -0.39 is 0 Å².